The summed E-state index contributed by atoms with van der Waals surface area (Å²) in [5, 5.41) is 0. The molecule has 0 aliphatic heterocycles. The van der Waals surface area contributed by atoms with Gasteiger partial charge in [-0.1, -0.05) is 215 Å². The van der Waals surface area contributed by atoms with Gasteiger partial charge in [0, 0.05) is 39.6 Å². The Morgan fingerprint density at radius 1 is 0.328 bits per heavy atom. The van der Waals surface area contributed by atoms with Gasteiger partial charge in [-0.25, -0.2) is 0 Å². The molecule has 4 heteroatoms. The van der Waals surface area contributed by atoms with Crippen molar-refractivity contribution in [1.82, 2.24) is 0 Å². The van der Waals surface area contributed by atoms with Crippen molar-refractivity contribution in [3.05, 3.63) is 154 Å². The highest BCUT2D eigenvalue weighted by molar-refractivity contribution is 6.91. The van der Waals surface area contributed by atoms with Crippen molar-refractivity contribution in [1.29, 1.82) is 0 Å². The minimum Gasteiger partial charge on any atom is -0.378 e. The van der Waals surface area contributed by atoms with E-state index in [9.17, 15) is 0 Å². The van der Waals surface area contributed by atoms with E-state index >= 15 is 0 Å². The molecule has 2 nitrogen and oxygen atoms in total. The molecule has 0 bridgehead atoms. The highest BCUT2D eigenvalue weighted by Crippen LogP contribution is 2.42. The minimum absolute atomic E-state index is 0.502. The Balaban J connectivity index is 2.18. The molecule has 0 saturated carbocycles. The molecule has 4 aromatic carbocycles. The SMILES string of the molecule is CC(C)[Si](C#CC(=C=C=C(C#CC(=C=C=C(C#C[Si](C(C)C)(C(C)C)C(C)C)c1ccc(N(C)C)cc1)c1ccccc1)c1ccccc1)c1ccc(N(C)C)cc1)(C(C)C)C(C)C. The van der Waals surface area contributed by atoms with E-state index in [1.165, 1.54) is 0 Å². The summed E-state index contributed by atoms with van der Waals surface area (Å²) < 4.78 is 0. The monoisotopic (exact) mass is 877 g/mol. The summed E-state index contributed by atoms with van der Waals surface area (Å²) in [6, 6.07) is 37.6. The smallest absolute Gasteiger partial charge is 0.146 e. The van der Waals surface area contributed by atoms with Crippen molar-refractivity contribution in [3.8, 4) is 34.8 Å². The molecular weight excluding hydrogens is 805 g/mol. The van der Waals surface area contributed by atoms with Gasteiger partial charge in [-0.05, 0) is 79.8 Å². The van der Waals surface area contributed by atoms with E-state index in [4.69, 9.17) is 0 Å². The summed E-state index contributed by atoms with van der Waals surface area (Å²) in [5.74, 6) is 14.5. The minimum atomic E-state index is -2.05. The van der Waals surface area contributed by atoms with Crippen LogP contribution in [0, 0.1) is 34.8 Å². The summed E-state index contributed by atoms with van der Waals surface area (Å²) in [6.45, 7) is 28.2. The Hall–Kier alpha value is -5.81. The molecule has 0 saturated heterocycles. The van der Waals surface area contributed by atoms with Crippen molar-refractivity contribution >= 4 is 49.8 Å². The van der Waals surface area contributed by atoms with Crippen molar-refractivity contribution in [2.24, 2.45) is 0 Å². The average molecular weight is 877 g/mol. The molecule has 0 amide bonds. The molecule has 0 radical (unpaired) electrons. The zero-order chi connectivity index (χ0) is 47.2. The fraction of sp³-hybridized carbons (Fsp3) is 0.367. The van der Waals surface area contributed by atoms with Crippen molar-refractivity contribution in [2.45, 2.75) is 116 Å². The molecule has 0 aromatic heterocycles. The molecule has 0 atom stereocenters. The molecule has 4 rings (SSSR count). The number of anilines is 2. The topological polar surface area (TPSA) is 6.48 Å². The van der Waals surface area contributed by atoms with Gasteiger partial charge in [0.05, 0.1) is 22.3 Å². The van der Waals surface area contributed by atoms with E-state index in [1.807, 2.05) is 36.4 Å². The van der Waals surface area contributed by atoms with E-state index in [1.54, 1.807) is 0 Å². The van der Waals surface area contributed by atoms with Crippen molar-refractivity contribution in [3.63, 3.8) is 0 Å². The van der Waals surface area contributed by atoms with Crippen LogP contribution in [0.1, 0.15) is 105 Å². The van der Waals surface area contributed by atoms with Crippen molar-refractivity contribution in [2.75, 3.05) is 38.0 Å². The molecule has 0 N–H and O–H groups in total. The van der Waals surface area contributed by atoms with Crippen molar-refractivity contribution < 1.29 is 0 Å². The maximum absolute atomic E-state index is 3.95. The Kier molecular flexibility index (Phi) is 18.4. The van der Waals surface area contributed by atoms with E-state index < -0.39 is 16.1 Å². The number of rotatable bonds is 12. The molecule has 64 heavy (non-hydrogen) atoms. The third kappa shape index (κ3) is 12.5. The molecule has 0 heterocycles. The zero-order valence-electron chi connectivity index (χ0n) is 41.8. The van der Waals surface area contributed by atoms with Gasteiger partial charge in [-0.15, -0.1) is 11.1 Å². The van der Waals surface area contributed by atoms with E-state index in [0.29, 0.717) is 44.4 Å². The summed E-state index contributed by atoms with van der Waals surface area (Å²) in [7, 11) is 4.15. The Labute approximate surface area is 391 Å². The first-order chi connectivity index (χ1) is 30.3. The van der Waals surface area contributed by atoms with Crippen LogP contribution in [-0.2, 0) is 0 Å². The molecule has 0 fully saturated rings. The molecule has 4 aromatic rings. The predicted molar refractivity (Wildman–Crippen MR) is 288 cm³/mol. The van der Waals surface area contributed by atoms with Gasteiger partial charge in [-0.2, -0.15) is 0 Å². The summed E-state index contributed by atoms with van der Waals surface area (Å²) >= 11 is 0. The molecule has 0 aliphatic carbocycles. The van der Waals surface area contributed by atoms with Crippen LogP contribution in [0.4, 0.5) is 11.4 Å². The molecule has 0 unspecified atom stereocenters. The zero-order valence-corrected chi connectivity index (χ0v) is 43.8. The van der Waals surface area contributed by atoms with E-state index in [2.05, 4.69) is 252 Å². The third-order valence-electron chi connectivity index (χ3n) is 12.9. The Bertz CT molecular complexity index is 2370. The van der Waals surface area contributed by atoms with Crippen LogP contribution in [0.15, 0.2) is 132 Å². The second-order valence-corrected chi connectivity index (χ2v) is 30.3. The molecule has 0 aliphatic rings. The van der Waals surface area contributed by atoms with E-state index in [-0.39, 0.29) is 0 Å². The third-order valence-corrected chi connectivity index (χ3v) is 25.5. The highest BCUT2D eigenvalue weighted by Gasteiger charge is 2.42. The standard InChI is InChI=1S/C60H72N2Si2/c1-45(2)63(46(3)4,47(5)6)43-41-57(55-33-37-59(38-34-55)61(13)14)31-29-53(51-23-19-17-20-24-51)27-28-54(52-25-21-18-22-26-52)30-32-58(56-35-39-60(40-36-56)62(15)16)42-44-64(48(7)8,49(9)10)50(11)12/h17-26,33-40,45-50H,1-16H3. The molecule has 330 valence electrons. The van der Waals surface area contributed by atoms with Crippen LogP contribution in [0.2, 0.25) is 33.2 Å². The first kappa shape index (κ1) is 50.8. The van der Waals surface area contributed by atoms with Gasteiger partial charge >= 0.3 is 0 Å². The number of allylic oxidation sites excluding steroid dienone is 4. The van der Waals surface area contributed by atoms with Crippen LogP contribution >= 0.6 is 0 Å². The lowest BCUT2D eigenvalue weighted by Gasteiger charge is -2.38. The van der Waals surface area contributed by atoms with Gasteiger partial charge in [0.15, 0.2) is 0 Å². The summed E-state index contributed by atoms with van der Waals surface area (Å²) in [5.41, 5.74) is 34.4. The highest BCUT2D eigenvalue weighted by atomic mass is 28.3. The maximum Gasteiger partial charge on any atom is 0.146 e. The first-order valence-electron chi connectivity index (χ1n) is 23.1. The lowest BCUT2D eigenvalue weighted by atomic mass is 10.0. The predicted octanol–water partition coefficient (Wildman–Crippen LogP) is 15.4. The first-order valence-corrected chi connectivity index (χ1v) is 27.6. The van der Waals surface area contributed by atoms with Crippen LogP contribution < -0.4 is 9.80 Å². The van der Waals surface area contributed by atoms with Gasteiger partial charge in [0.2, 0.25) is 0 Å². The maximum atomic E-state index is 3.95. The fourth-order valence-corrected chi connectivity index (χ4v) is 19.8. The van der Waals surface area contributed by atoms with Gasteiger partial charge < -0.3 is 9.80 Å². The number of hydrogen-bond acceptors (Lipinski definition) is 2. The van der Waals surface area contributed by atoms with Crippen LogP contribution in [-0.4, -0.2) is 44.3 Å². The number of nitrogens with zero attached hydrogens (tertiary/aromatic N) is 2. The lowest BCUT2D eigenvalue weighted by Crippen LogP contribution is -2.43. The van der Waals surface area contributed by atoms with Crippen LogP contribution in [0.5, 0.6) is 0 Å². The van der Waals surface area contributed by atoms with Gasteiger partial charge in [-0.3, -0.25) is 0 Å². The van der Waals surface area contributed by atoms with Crippen LogP contribution in [0.25, 0.3) is 22.3 Å². The lowest BCUT2D eigenvalue weighted by molar-refractivity contribution is 0.838. The second-order valence-electron chi connectivity index (χ2n) is 19.2. The second kappa shape index (κ2) is 23.2. The van der Waals surface area contributed by atoms with Gasteiger partial charge in [0.1, 0.15) is 16.1 Å². The van der Waals surface area contributed by atoms with Crippen LogP contribution in [0.3, 0.4) is 0 Å². The van der Waals surface area contributed by atoms with E-state index in [0.717, 1.165) is 44.8 Å². The average Bonchev–Trinajstić information content (AvgIpc) is 3.26. The number of benzene rings is 4. The quantitative estimate of drug-likeness (QED) is 0.0795. The summed E-state index contributed by atoms with van der Waals surface area (Å²) in [4.78, 5) is 4.23. The largest absolute Gasteiger partial charge is 0.378 e. The number of hydrogen-bond donors (Lipinski definition) is 0. The normalized spacial score (nSPS) is 11.0. The Morgan fingerprint density at radius 3 is 0.797 bits per heavy atom. The molecule has 0 spiro atoms. The van der Waals surface area contributed by atoms with Gasteiger partial charge in [0.25, 0.3) is 0 Å². The summed E-state index contributed by atoms with van der Waals surface area (Å²) in [6.07, 6.45) is 0. The Morgan fingerprint density at radius 2 is 0.562 bits per heavy atom. The fourth-order valence-electron chi connectivity index (χ4n) is 9.35. The molecular formula is C60H72N2Si2.